The van der Waals surface area contributed by atoms with E-state index in [0.717, 1.165) is 44.5 Å². The molecule has 0 bridgehead atoms. The summed E-state index contributed by atoms with van der Waals surface area (Å²) in [6, 6.07) is 35.8. The Morgan fingerprint density at radius 2 is 1.61 bits per heavy atom. The van der Waals surface area contributed by atoms with Gasteiger partial charge in [-0.1, -0.05) is 48.5 Å². The number of benzene rings is 3. The van der Waals surface area contributed by atoms with Crippen molar-refractivity contribution in [3.63, 3.8) is 0 Å². The Morgan fingerprint density at radius 3 is 2.45 bits per heavy atom. The van der Waals surface area contributed by atoms with E-state index in [-0.39, 0.29) is 20.4 Å². The van der Waals surface area contributed by atoms with E-state index in [1.807, 2.05) is 66.7 Å². The zero-order valence-corrected chi connectivity index (χ0v) is 18.2. The van der Waals surface area contributed by atoms with Crippen LogP contribution in [0.5, 0.6) is 0 Å². The van der Waals surface area contributed by atoms with Crippen molar-refractivity contribution in [1.29, 1.82) is 0 Å². The monoisotopic (exact) mass is 488 g/mol. The van der Waals surface area contributed by atoms with Gasteiger partial charge in [0.15, 0.2) is 0 Å². The van der Waals surface area contributed by atoms with Crippen LogP contribution in [0.2, 0.25) is 0 Å². The normalized spacial score (nSPS) is 10.8. The summed E-state index contributed by atoms with van der Waals surface area (Å²) in [4.78, 5) is 9.41. The number of nitrogens with zero attached hydrogens (tertiary/aromatic N) is 2. The summed E-state index contributed by atoms with van der Waals surface area (Å²) in [6.45, 7) is 0. The standard InChI is InChI=1S/C28H18N2.Pd/c1-2-10-21(11-3-1)25-14-6-4-12-22(25)17-18-24-20-23-13-5-7-15-26(23)28(30-24)27-16-8-9-19-29-27;/h1-10,12-16,18-20H;/q-2;+2. The molecule has 0 spiro atoms. The maximum atomic E-state index is 4.90. The van der Waals surface area contributed by atoms with Crippen LogP contribution >= 0.6 is 0 Å². The zero-order valence-electron chi connectivity index (χ0n) is 16.6. The quantitative estimate of drug-likeness (QED) is 0.210. The van der Waals surface area contributed by atoms with E-state index in [1.165, 1.54) is 0 Å². The minimum Gasteiger partial charge on any atom is -0.294 e. The summed E-state index contributed by atoms with van der Waals surface area (Å²) in [6.07, 6.45) is 7.19. The molecule has 5 rings (SSSR count). The number of aromatic nitrogens is 2. The Kier molecular flexibility index (Phi) is 6.48. The molecule has 2 nitrogen and oxygen atoms in total. The predicted octanol–water partition coefficient (Wildman–Crippen LogP) is 6.63. The van der Waals surface area contributed by atoms with Gasteiger partial charge in [0, 0.05) is 11.6 Å². The van der Waals surface area contributed by atoms with Crippen LogP contribution in [0.25, 0.3) is 39.4 Å². The van der Waals surface area contributed by atoms with Gasteiger partial charge in [0.25, 0.3) is 0 Å². The number of fused-ring (bicyclic) bond motifs is 1. The molecular formula is C28H18N2Pd. The Bertz CT molecular complexity index is 1330. The number of pyridine rings is 2. The molecule has 3 heteroatoms. The number of rotatable bonds is 4. The van der Waals surface area contributed by atoms with Crippen molar-refractivity contribution in [3.05, 3.63) is 127 Å². The second-order valence-corrected chi connectivity index (χ2v) is 6.94. The van der Waals surface area contributed by atoms with E-state index in [9.17, 15) is 0 Å². The minimum absolute atomic E-state index is 0. The third-order valence-electron chi connectivity index (χ3n) is 4.97. The minimum atomic E-state index is 0. The molecule has 3 aromatic carbocycles. The van der Waals surface area contributed by atoms with Gasteiger partial charge in [-0.3, -0.25) is 9.97 Å². The fourth-order valence-electron chi connectivity index (χ4n) is 3.55. The summed E-state index contributed by atoms with van der Waals surface area (Å²) in [5.74, 6) is 0. The zero-order chi connectivity index (χ0) is 20.2. The molecule has 0 aliphatic rings. The molecule has 2 heterocycles. The van der Waals surface area contributed by atoms with Crippen LogP contribution in [0.3, 0.4) is 0 Å². The van der Waals surface area contributed by atoms with Crippen molar-refractivity contribution in [2.45, 2.75) is 0 Å². The summed E-state index contributed by atoms with van der Waals surface area (Å²) in [5.41, 5.74) is 5.75. The molecule has 0 atom stereocenters. The molecule has 5 aromatic rings. The predicted molar refractivity (Wildman–Crippen MR) is 122 cm³/mol. The first-order valence-corrected chi connectivity index (χ1v) is 9.85. The van der Waals surface area contributed by atoms with Crippen molar-refractivity contribution < 1.29 is 20.4 Å². The Balaban J connectivity index is 0.00000231. The van der Waals surface area contributed by atoms with Gasteiger partial charge in [0.05, 0.1) is 11.4 Å². The third kappa shape index (κ3) is 4.54. The summed E-state index contributed by atoms with van der Waals surface area (Å²) in [5, 5.41) is 2.22. The van der Waals surface area contributed by atoms with Gasteiger partial charge in [-0.2, -0.15) is 0 Å². The molecule has 0 amide bonds. The molecule has 0 aliphatic carbocycles. The second-order valence-electron chi connectivity index (χ2n) is 6.94. The first kappa shape index (κ1) is 20.9. The average molecular weight is 489 g/mol. The fourth-order valence-corrected chi connectivity index (χ4v) is 3.55. The molecule has 0 radical (unpaired) electrons. The van der Waals surface area contributed by atoms with Crippen LogP contribution < -0.4 is 0 Å². The molecule has 0 unspecified atom stereocenters. The van der Waals surface area contributed by atoms with Crippen LogP contribution in [0.1, 0.15) is 11.3 Å². The maximum absolute atomic E-state index is 4.90. The fraction of sp³-hybridized carbons (Fsp3) is 0. The Hall–Kier alpha value is -3.38. The summed E-state index contributed by atoms with van der Waals surface area (Å²) < 4.78 is 0. The van der Waals surface area contributed by atoms with E-state index < -0.39 is 0 Å². The molecule has 0 fully saturated rings. The Labute approximate surface area is 196 Å². The van der Waals surface area contributed by atoms with E-state index in [0.29, 0.717) is 0 Å². The van der Waals surface area contributed by atoms with Crippen LogP contribution in [0.15, 0.2) is 103 Å². The first-order valence-electron chi connectivity index (χ1n) is 9.85. The van der Waals surface area contributed by atoms with Gasteiger partial charge >= 0.3 is 20.4 Å². The van der Waals surface area contributed by atoms with E-state index in [4.69, 9.17) is 4.98 Å². The smallest absolute Gasteiger partial charge is 0.294 e. The molecule has 0 N–H and O–H groups in total. The topological polar surface area (TPSA) is 25.8 Å². The van der Waals surface area contributed by atoms with Gasteiger partial charge in [0.2, 0.25) is 0 Å². The van der Waals surface area contributed by atoms with Crippen molar-refractivity contribution in [1.82, 2.24) is 9.97 Å². The largest absolute Gasteiger partial charge is 2.00 e. The van der Waals surface area contributed by atoms with Crippen LogP contribution in [0.4, 0.5) is 0 Å². The van der Waals surface area contributed by atoms with Crippen LogP contribution in [-0.2, 0) is 20.4 Å². The molecule has 0 saturated carbocycles. The first-order chi connectivity index (χ1) is 14.9. The van der Waals surface area contributed by atoms with Gasteiger partial charge in [-0.15, -0.1) is 71.3 Å². The van der Waals surface area contributed by atoms with Gasteiger partial charge in [-0.05, 0) is 23.2 Å². The van der Waals surface area contributed by atoms with Crippen molar-refractivity contribution in [2.75, 3.05) is 0 Å². The SMILES string of the molecule is [C-](=Cc1cc2ccccc2c(-c2ccccn2)n1)c1ccccc1-c1[c-]cccc1.[Pd+2]. The van der Waals surface area contributed by atoms with Crippen LogP contribution in [-0.4, -0.2) is 9.97 Å². The summed E-state index contributed by atoms with van der Waals surface area (Å²) >= 11 is 0. The van der Waals surface area contributed by atoms with Crippen LogP contribution in [0, 0.1) is 12.1 Å². The maximum Gasteiger partial charge on any atom is 2.00 e. The average Bonchev–Trinajstić information content (AvgIpc) is 2.83. The third-order valence-corrected chi connectivity index (χ3v) is 4.97. The molecule has 150 valence electrons. The van der Waals surface area contributed by atoms with Crippen molar-refractivity contribution in [2.24, 2.45) is 0 Å². The van der Waals surface area contributed by atoms with E-state index in [1.54, 1.807) is 6.20 Å². The van der Waals surface area contributed by atoms with Crippen molar-refractivity contribution >= 4 is 16.8 Å². The molecular weight excluding hydrogens is 471 g/mol. The number of hydrogen-bond donors (Lipinski definition) is 0. The number of hydrogen-bond acceptors (Lipinski definition) is 2. The van der Waals surface area contributed by atoms with E-state index in [2.05, 4.69) is 53.5 Å². The molecule has 0 aliphatic heterocycles. The molecule has 0 saturated heterocycles. The molecule has 31 heavy (non-hydrogen) atoms. The Morgan fingerprint density at radius 1 is 0.806 bits per heavy atom. The second kappa shape index (κ2) is 9.62. The van der Waals surface area contributed by atoms with E-state index >= 15 is 0 Å². The molecule has 2 aromatic heterocycles. The van der Waals surface area contributed by atoms with Crippen molar-refractivity contribution in [3.8, 4) is 22.5 Å². The van der Waals surface area contributed by atoms with Gasteiger partial charge in [-0.25, -0.2) is 0 Å². The van der Waals surface area contributed by atoms with Gasteiger partial charge in [0.1, 0.15) is 0 Å². The van der Waals surface area contributed by atoms with Gasteiger partial charge < -0.3 is 0 Å². The summed E-state index contributed by atoms with van der Waals surface area (Å²) in [7, 11) is 0.